The molecular formula is C21H22ClN3OS. The van der Waals surface area contributed by atoms with E-state index in [0.29, 0.717) is 11.1 Å². The lowest BCUT2D eigenvalue weighted by Gasteiger charge is -2.30. The molecule has 0 saturated heterocycles. The fourth-order valence-corrected chi connectivity index (χ4v) is 4.70. The minimum atomic E-state index is 0.0657. The number of nitrogens with zero attached hydrogens (tertiary/aromatic N) is 1. The Hall–Kier alpha value is -2.11. The number of benzene rings is 1. The number of aryl methyl sites for hydroxylation is 1. The van der Waals surface area contributed by atoms with Crippen LogP contribution >= 0.6 is 22.9 Å². The van der Waals surface area contributed by atoms with Crippen molar-refractivity contribution in [3.8, 4) is 0 Å². The van der Waals surface area contributed by atoms with Crippen LogP contribution in [0.25, 0.3) is 10.9 Å². The number of hydrogen-bond donors (Lipinski definition) is 2. The monoisotopic (exact) mass is 399 g/mol. The molecule has 3 aromatic rings. The third-order valence-electron chi connectivity index (χ3n) is 5.20. The van der Waals surface area contributed by atoms with E-state index in [-0.39, 0.29) is 11.9 Å². The summed E-state index contributed by atoms with van der Waals surface area (Å²) in [4.78, 5) is 17.6. The van der Waals surface area contributed by atoms with Crippen LogP contribution in [0.4, 0.5) is 5.69 Å². The molecule has 1 saturated carbocycles. The number of nitrogens with one attached hydrogen (secondary N) is 2. The van der Waals surface area contributed by atoms with Gasteiger partial charge < -0.3 is 10.6 Å². The van der Waals surface area contributed by atoms with E-state index in [1.165, 1.54) is 11.3 Å². The van der Waals surface area contributed by atoms with Crippen LogP contribution in [-0.4, -0.2) is 23.0 Å². The average molecular weight is 400 g/mol. The number of aromatic nitrogens is 1. The van der Waals surface area contributed by atoms with E-state index >= 15 is 0 Å². The second-order valence-electron chi connectivity index (χ2n) is 7.12. The van der Waals surface area contributed by atoms with Crippen LogP contribution < -0.4 is 10.6 Å². The van der Waals surface area contributed by atoms with Crippen molar-refractivity contribution in [2.45, 2.75) is 44.7 Å². The maximum Gasteiger partial charge on any atom is 0.261 e. The summed E-state index contributed by atoms with van der Waals surface area (Å²) in [6, 6.07) is 10.5. The van der Waals surface area contributed by atoms with Gasteiger partial charge in [0.25, 0.3) is 5.91 Å². The molecule has 1 aliphatic rings. The molecule has 0 unspecified atom stereocenters. The van der Waals surface area contributed by atoms with Gasteiger partial charge in [0.15, 0.2) is 0 Å². The molecular weight excluding hydrogens is 378 g/mol. The number of thiophene rings is 1. The molecule has 1 fully saturated rings. The van der Waals surface area contributed by atoms with Crippen LogP contribution in [0, 0.1) is 6.92 Å². The van der Waals surface area contributed by atoms with Crippen molar-refractivity contribution < 1.29 is 4.79 Å². The van der Waals surface area contributed by atoms with Crippen molar-refractivity contribution in [3.05, 3.63) is 57.4 Å². The summed E-state index contributed by atoms with van der Waals surface area (Å²) in [6.45, 7) is 1.98. The fraction of sp³-hybridized carbons (Fsp3) is 0.333. The molecule has 0 bridgehead atoms. The number of hydrogen-bond acceptors (Lipinski definition) is 4. The summed E-state index contributed by atoms with van der Waals surface area (Å²) in [7, 11) is 0. The van der Waals surface area contributed by atoms with Crippen molar-refractivity contribution in [2.75, 3.05) is 5.32 Å². The van der Waals surface area contributed by atoms with Crippen LogP contribution in [0.3, 0.4) is 0 Å². The highest BCUT2D eigenvalue weighted by Gasteiger charge is 2.24. The molecule has 2 aromatic heterocycles. The Morgan fingerprint density at radius 2 is 1.93 bits per heavy atom. The van der Waals surface area contributed by atoms with E-state index in [4.69, 9.17) is 11.6 Å². The topological polar surface area (TPSA) is 54.0 Å². The summed E-state index contributed by atoms with van der Waals surface area (Å²) >= 11 is 7.58. The highest BCUT2D eigenvalue weighted by Crippen LogP contribution is 2.28. The Balaban J connectivity index is 1.36. The average Bonchev–Trinajstić information content (AvgIpc) is 3.09. The van der Waals surface area contributed by atoms with Gasteiger partial charge in [0.05, 0.1) is 10.4 Å². The van der Waals surface area contributed by atoms with Gasteiger partial charge in [-0.05, 0) is 73.9 Å². The van der Waals surface area contributed by atoms with Crippen LogP contribution in [-0.2, 0) is 0 Å². The van der Waals surface area contributed by atoms with Gasteiger partial charge in [-0.25, -0.2) is 0 Å². The molecule has 0 atom stereocenters. The first-order valence-corrected chi connectivity index (χ1v) is 10.5. The van der Waals surface area contributed by atoms with Gasteiger partial charge in [-0.2, -0.15) is 0 Å². The third-order valence-corrected chi connectivity index (χ3v) is 6.45. The van der Waals surface area contributed by atoms with Gasteiger partial charge in [0.1, 0.15) is 0 Å². The summed E-state index contributed by atoms with van der Waals surface area (Å²) in [6.07, 6.45) is 5.86. The maximum atomic E-state index is 12.4. The summed E-state index contributed by atoms with van der Waals surface area (Å²) in [5.41, 5.74) is 3.05. The van der Waals surface area contributed by atoms with E-state index in [0.717, 1.165) is 52.7 Å². The van der Waals surface area contributed by atoms with Crippen molar-refractivity contribution in [2.24, 2.45) is 0 Å². The van der Waals surface area contributed by atoms with Crippen molar-refractivity contribution in [3.63, 3.8) is 0 Å². The first-order valence-electron chi connectivity index (χ1n) is 9.26. The number of carbonyl (C=O) groups is 1. The Morgan fingerprint density at radius 3 is 2.67 bits per heavy atom. The number of rotatable bonds is 4. The summed E-state index contributed by atoms with van der Waals surface area (Å²) < 4.78 is 0. The Bertz CT molecular complexity index is 963. The van der Waals surface area contributed by atoms with Crippen LogP contribution in [0.2, 0.25) is 5.02 Å². The van der Waals surface area contributed by atoms with E-state index in [1.807, 2.05) is 48.8 Å². The quantitative estimate of drug-likeness (QED) is 0.616. The van der Waals surface area contributed by atoms with E-state index in [2.05, 4.69) is 15.6 Å². The van der Waals surface area contributed by atoms with Gasteiger partial charge in [-0.3, -0.25) is 9.78 Å². The van der Waals surface area contributed by atoms with Gasteiger partial charge in [0.2, 0.25) is 0 Å². The molecule has 6 heteroatoms. The molecule has 2 N–H and O–H groups in total. The molecule has 4 nitrogen and oxygen atoms in total. The molecule has 0 aliphatic heterocycles. The van der Waals surface area contributed by atoms with Crippen LogP contribution in [0.1, 0.15) is 40.9 Å². The fourth-order valence-electron chi connectivity index (χ4n) is 3.71. The zero-order valence-electron chi connectivity index (χ0n) is 15.2. The number of halogens is 1. The van der Waals surface area contributed by atoms with Crippen molar-refractivity contribution in [1.29, 1.82) is 0 Å². The van der Waals surface area contributed by atoms with Gasteiger partial charge in [0, 0.05) is 34.4 Å². The first kappa shape index (κ1) is 18.3. The van der Waals surface area contributed by atoms with Gasteiger partial charge in [-0.15, -0.1) is 11.3 Å². The van der Waals surface area contributed by atoms with E-state index < -0.39 is 0 Å². The number of pyridine rings is 1. The van der Waals surface area contributed by atoms with Crippen molar-refractivity contribution >= 4 is 45.4 Å². The molecule has 140 valence electrons. The minimum absolute atomic E-state index is 0.0657. The van der Waals surface area contributed by atoms with Crippen LogP contribution in [0.5, 0.6) is 0 Å². The lowest BCUT2D eigenvalue weighted by molar-refractivity contribution is 0.0930. The number of carbonyl (C=O) groups excluding carboxylic acids is 1. The predicted molar refractivity (Wildman–Crippen MR) is 113 cm³/mol. The molecule has 1 amide bonds. The summed E-state index contributed by atoms with van der Waals surface area (Å²) in [5.74, 6) is 0.0657. The SMILES string of the molecule is Cc1ccsc1C(=O)NC1CCC(Nc2ccnc3cc(Cl)ccc23)CC1. The second kappa shape index (κ2) is 7.87. The minimum Gasteiger partial charge on any atom is -0.382 e. The highest BCUT2D eigenvalue weighted by atomic mass is 35.5. The van der Waals surface area contributed by atoms with Gasteiger partial charge >= 0.3 is 0 Å². The van der Waals surface area contributed by atoms with E-state index in [1.54, 1.807) is 0 Å². The van der Waals surface area contributed by atoms with Crippen molar-refractivity contribution in [1.82, 2.24) is 10.3 Å². The Kier molecular flexibility index (Phi) is 5.32. The Labute approximate surface area is 168 Å². The standard InChI is InChI=1S/C21H22ClN3OS/c1-13-9-11-27-20(13)21(26)25-16-5-3-15(4-6-16)24-18-8-10-23-19-12-14(22)2-7-17(18)19/h2,7-12,15-16H,3-6H2,1H3,(H,23,24)(H,25,26). The zero-order chi connectivity index (χ0) is 18.8. The number of fused-ring (bicyclic) bond motifs is 1. The Morgan fingerprint density at radius 1 is 1.15 bits per heavy atom. The maximum absolute atomic E-state index is 12.4. The molecule has 0 spiro atoms. The normalized spacial score (nSPS) is 19.8. The summed E-state index contributed by atoms with van der Waals surface area (Å²) in [5, 5.41) is 10.6. The highest BCUT2D eigenvalue weighted by molar-refractivity contribution is 7.12. The third kappa shape index (κ3) is 4.09. The lowest BCUT2D eigenvalue weighted by Crippen LogP contribution is -2.40. The number of amides is 1. The molecule has 0 radical (unpaired) electrons. The van der Waals surface area contributed by atoms with Gasteiger partial charge in [-0.1, -0.05) is 11.6 Å². The predicted octanol–water partition coefficient (Wildman–Crippen LogP) is 5.41. The largest absolute Gasteiger partial charge is 0.382 e. The lowest BCUT2D eigenvalue weighted by atomic mass is 9.90. The molecule has 2 heterocycles. The molecule has 27 heavy (non-hydrogen) atoms. The first-order chi connectivity index (χ1) is 13.1. The molecule has 1 aliphatic carbocycles. The van der Waals surface area contributed by atoms with Crippen LogP contribution in [0.15, 0.2) is 41.9 Å². The second-order valence-corrected chi connectivity index (χ2v) is 8.47. The smallest absolute Gasteiger partial charge is 0.261 e. The molecule has 4 rings (SSSR count). The molecule has 1 aromatic carbocycles. The zero-order valence-corrected chi connectivity index (χ0v) is 16.7. The van der Waals surface area contributed by atoms with E-state index in [9.17, 15) is 4.79 Å². The number of anilines is 1.